The van der Waals surface area contributed by atoms with Gasteiger partial charge in [0, 0.05) is 0 Å². The Bertz CT molecular complexity index is 269. The monoisotopic (exact) mass is 182 g/mol. The molecule has 0 aromatic heterocycles. The van der Waals surface area contributed by atoms with Crippen molar-refractivity contribution in [2.75, 3.05) is 0 Å². The largest absolute Gasteiger partial charge is 0.455 e. The SMILES string of the molecule is CC12CCC(O)CC1=CCC(=O)O2. The van der Waals surface area contributed by atoms with Crippen LogP contribution >= 0.6 is 0 Å². The molecule has 2 aliphatic rings. The van der Waals surface area contributed by atoms with Gasteiger partial charge in [-0.15, -0.1) is 0 Å². The molecule has 3 heteroatoms. The maximum atomic E-state index is 11.1. The fourth-order valence-electron chi connectivity index (χ4n) is 2.09. The molecule has 1 saturated carbocycles. The summed E-state index contributed by atoms with van der Waals surface area (Å²) in [6.07, 6.45) is 4.14. The van der Waals surface area contributed by atoms with E-state index in [9.17, 15) is 9.90 Å². The van der Waals surface area contributed by atoms with Crippen molar-refractivity contribution in [1.82, 2.24) is 0 Å². The molecule has 0 aromatic rings. The molecule has 0 radical (unpaired) electrons. The zero-order valence-corrected chi connectivity index (χ0v) is 7.75. The Kier molecular flexibility index (Phi) is 1.91. The molecular weight excluding hydrogens is 168 g/mol. The van der Waals surface area contributed by atoms with Gasteiger partial charge in [0.25, 0.3) is 0 Å². The average Bonchev–Trinajstić information content (AvgIpc) is 2.06. The quantitative estimate of drug-likeness (QED) is 0.451. The number of esters is 1. The van der Waals surface area contributed by atoms with Crippen LogP contribution in [0.4, 0.5) is 0 Å². The van der Waals surface area contributed by atoms with E-state index in [-0.39, 0.29) is 12.1 Å². The van der Waals surface area contributed by atoms with Crippen molar-refractivity contribution < 1.29 is 14.6 Å². The third kappa shape index (κ3) is 1.48. The predicted octanol–water partition coefficient (Wildman–Crippen LogP) is 1.16. The number of hydrogen-bond donors (Lipinski definition) is 1. The van der Waals surface area contributed by atoms with Gasteiger partial charge in [0.15, 0.2) is 0 Å². The number of hydrogen-bond acceptors (Lipinski definition) is 3. The molecule has 2 rings (SSSR count). The lowest BCUT2D eigenvalue weighted by Crippen LogP contribution is -2.42. The fraction of sp³-hybridized carbons (Fsp3) is 0.700. The first-order chi connectivity index (χ1) is 6.10. The molecule has 1 aliphatic carbocycles. The van der Waals surface area contributed by atoms with E-state index in [2.05, 4.69) is 0 Å². The van der Waals surface area contributed by atoms with Gasteiger partial charge in [0.1, 0.15) is 5.60 Å². The first kappa shape index (κ1) is 8.75. The zero-order valence-electron chi connectivity index (χ0n) is 7.75. The summed E-state index contributed by atoms with van der Waals surface area (Å²) >= 11 is 0. The lowest BCUT2D eigenvalue weighted by atomic mass is 9.78. The van der Waals surface area contributed by atoms with Crippen molar-refractivity contribution >= 4 is 5.97 Å². The van der Waals surface area contributed by atoms with E-state index >= 15 is 0 Å². The van der Waals surface area contributed by atoms with E-state index in [1.807, 2.05) is 13.0 Å². The molecule has 1 aliphatic heterocycles. The van der Waals surface area contributed by atoms with Crippen LogP contribution in [0.2, 0.25) is 0 Å². The van der Waals surface area contributed by atoms with Crippen LogP contribution in [0.1, 0.15) is 32.6 Å². The Hall–Kier alpha value is -0.830. The molecule has 13 heavy (non-hydrogen) atoms. The maximum Gasteiger partial charge on any atom is 0.310 e. The van der Waals surface area contributed by atoms with E-state index in [1.165, 1.54) is 0 Å². The Morgan fingerprint density at radius 2 is 2.46 bits per heavy atom. The fourth-order valence-corrected chi connectivity index (χ4v) is 2.09. The van der Waals surface area contributed by atoms with Gasteiger partial charge in [-0.05, 0) is 31.8 Å². The third-order valence-electron chi connectivity index (χ3n) is 2.94. The van der Waals surface area contributed by atoms with Crippen molar-refractivity contribution in [3.63, 3.8) is 0 Å². The summed E-state index contributed by atoms with van der Waals surface area (Å²) in [5, 5.41) is 9.45. The van der Waals surface area contributed by atoms with Crippen molar-refractivity contribution in [2.45, 2.75) is 44.3 Å². The Balaban J connectivity index is 2.25. The van der Waals surface area contributed by atoms with Crippen molar-refractivity contribution in [1.29, 1.82) is 0 Å². The zero-order chi connectivity index (χ0) is 9.47. The van der Waals surface area contributed by atoms with E-state index in [0.29, 0.717) is 12.8 Å². The topological polar surface area (TPSA) is 46.5 Å². The molecule has 0 spiro atoms. The van der Waals surface area contributed by atoms with Crippen molar-refractivity contribution in [3.05, 3.63) is 11.6 Å². The minimum atomic E-state index is -0.422. The third-order valence-corrected chi connectivity index (χ3v) is 2.94. The lowest BCUT2D eigenvalue weighted by molar-refractivity contribution is -0.158. The minimum absolute atomic E-state index is 0.150. The number of carbonyl (C=O) groups is 1. The van der Waals surface area contributed by atoms with Crippen LogP contribution < -0.4 is 0 Å². The van der Waals surface area contributed by atoms with Gasteiger partial charge in [0.2, 0.25) is 0 Å². The number of ether oxygens (including phenoxy) is 1. The van der Waals surface area contributed by atoms with Gasteiger partial charge in [-0.2, -0.15) is 0 Å². The molecular formula is C10H14O3. The van der Waals surface area contributed by atoms with E-state index in [4.69, 9.17) is 4.74 Å². The molecule has 0 aromatic carbocycles. The summed E-state index contributed by atoms with van der Waals surface area (Å²) in [4.78, 5) is 11.1. The number of rotatable bonds is 0. The first-order valence-corrected chi connectivity index (χ1v) is 4.69. The van der Waals surface area contributed by atoms with Crippen LogP contribution in [0.25, 0.3) is 0 Å². The molecule has 1 fully saturated rings. The highest BCUT2D eigenvalue weighted by atomic mass is 16.6. The molecule has 1 heterocycles. The smallest absolute Gasteiger partial charge is 0.310 e. The molecule has 2 unspecified atom stereocenters. The highest BCUT2D eigenvalue weighted by Gasteiger charge is 2.40. The normalized spacial score (nSPS) is 39.1. The van der Waals surface area contributed by atoms with Crippen LogP contribution in [0.15, 0.2) is 11.6 Å². The second kappa shape index (κ2) is 2.84. The predicted molar refractivity (Wildman–Crippen MR) is 47.1 cm³/mol. The van der Waals surface area contributed by atoms with Crippen molar-refractivity contribution in [3.8, 4) is 0 Å². The molecule has 0 saturated heterocycles. The van der Waals surface area contributed by atoms with Gasteiger partial charge in [-0.3, -0.25) is 4.79 Å². The number of aliphatic hydroxyl groups is 1. The molecule has 0 bridgehead atoms. The van der Waals surface area contributed by atoms with Gasteiger partial charge in [-0.25, -0.2) is 0 Å². The second-order valence-corrected chi connectivity index (χ2v) is 4.04. The summed E-state index contributed by atoms with van der Waals surface area (Å²) in [6, 6.07) is 0. The van der Waals surface area contributed by atoms with Gasteiger partial charge in [-0.1, -0.05) is 6.08 Å². The molecule has 0 amide bonds. The van der Waals surface area contributed by atoms with Crippen LogP contribution in [-0.4, -0.2) is 22.8 Å². The first-order valence-electron chi connectivity index (χ1n) is 4.69. The number of fused-ring (bicyclic) bond motifs is 1. The Labute approximate surface area is 77.4 Å². The molecule has 1 N–H and O–H groups in total. The van der Waals surface area contributed by atoms with Gasteiger partial charge in [0.05, 0.1) is 12.5 Å². The summed E-state index contributed by atoms with van der Waals surface area (Å²) in [5.74, 6) is -0.150. The standard InChI is InChI=1S/C10H14O3/c1-10-5-4-8(11)6-7(10)2-3-9(12)13-10/h2,8,11H,3-6H2,1H3. The lowest BCUT2D eigenvalue weighted by Gasteiger charge is -2.40. The van der Waals surface area contributed by atoms with Crippen molar-refractivity contribution in [2.24, 2.45) is 0 Å². The molecule has 72 valence electrons. The van der Waals surface area contributed by atoms with E-state index < -0.39 is 5.60 Å². The molecule has 2 atom stereocenters. The van der Waals surface area contributed by atoms with Crippen LogP contribution in [0, 0.1) is 0 Å². The summed E-state index contributed by atoms with van der Waals surface area (Å²) in [6.45, 7) is 1.93. The summed E-state index contributed by atoms with van der Waals surface area (Å²) < 4.78 is 5.31. The second-order valence-electron chi connectivity index (χ2n) is 4.04. The minimum Gasteiger partial charge on any atom is -0.455 e. The Morgan fingerprint density at radius 3 is 3.23 bits per heavy atom. The summed E-state index contributed by atoms with van der Waals surface area (Å²) in [7, 11) is 0. The van der Waals surface area contributed by atoms with Crippen LogP contribution in [-0.2, 0) is 9.53 Å². The highest BCUT2D eigenvalue weighted by Crippen LogP contribution is 2.38. The Morgan fingerprint density at radius 1 is 1.69 bits per heavy atom. The van der Waals surface area contributed by atoms with Gasteiger partial charge >= 0.3 is 5.97 Å². The molecule has 3 nitrogen and oxygen atoms in total. The van der Waals surface area contributed by atoms with Crippen LogP contribution in [0.3, 0.4) is 0 Å². The van der Waals surface area contributed by atoms with Gasteiger partial charge < -0.3 is 9.84 Å². The summed E-state index contributed by atoms with van der Waals surface area (Å²) in [5.41, 5.74) is 0.667. The maximum absolute atomic E-state index is 11.1. The number of aliphatic hydroxyl groups excluding tert-OH is 1. The average molecular weight is 182 g/mol. The van der Waals surface area contributed by atoms with Crippen LogP contribution in [0.5, 0.6) is 0 Å². The van der Waals surface area contributed by atoms with E-state index in [1.54, 1.807) is 0 Å². The number of carbonyl (C=O) groups excluding carboxylic acids is 1. The highest BCUT2D eigenvalue weighted by molar-refractivity contribution is 5.74. The van der Waals surface area contributed by atoms with E-state index in [0.717, 1.165) is 18.4 Å².